The molecule has 1 atom stereocenters. The molecule has 0 N–H and O–H groups in total. The minimum absolute atomic E-state index is 0.257. The second-order valence-electron chi connectivity index (χ2n) is 6.96. The summed E-state index contributed by atoms with van der Waals surface area (Å²) < 4.78 is 26.7. The van der Waals surface area contributed by atoms with E-state index in [1.807, 2.05) is 0 Å². The van der Waals surface area contributed by atoms with E-state index in [-0.39, 0.29) is 5.92 Å². The van der Waals surface area contributed by atoms with Crippen molar-refractivity contribution in [2.75, 3.05) is 0 Å². The molecule has 0 bridgehead atoms. The van der Waals surface area contributed by atoms with Crippen molar-refractivity contribution < 1.29 is 8.78 Å². The van der Waals surface area contributed by atoms with Crippen LogP contribution in [0.3, 0.4) is 0 Å². The van der Waals surface area contributed by atoms with Crippen LogP contribution in [-0.2, 0) is 12.8 Å². The minimum Gasteiger partial charge on any atom is -0.204 e. The lowest BCUT2D eigenvalue weighted by atomic mass is 9.79. The number of benzene rings is 3. The maximum atomic E-state index is 13.5. The number of halogens is 2. The predicted molar refractivity (Wildman–Crippen MR) is 97.7 cm³/mol. The summed E-state index contributed by atoms with van der Waals surface area (Å²) in [7, 11) is 0. The van der Waals surface area contributed by atoms with Gasteiger partial charge in [-0.05, 0) is 72.1 Å². The maximum absolute atomic E-state index is 13.5. The van der Waals surface area contributed by atoms with Gasteiger partial charge >= 0.3 is 0 Å². The lowest BCUT2D eigenvalue weighted by molar-refractivity contribution is 0.501. The van der Waals surface area contributed by atoms with Crippen molar-refractivity contribution in [3.8, 4) is 11.1 Å². The van der Waals surface area contributed by atoms with Gasteiger partial charge in [0.15, 0.2) is 11.6 Å². The van der Waals surface area contributed by atoms with Crippen LogP contribution >= 0.6 is 0 Å². The van der Waals surface area contributed by atoms with E-state index in [9.17, 15) is 8.78 Å². The van der Waals surface area contributed by atoms with Crippen LogP contribution in [0.4, 0.5) is 8.78 Å². The minimum atomic E-state index is -0.775. The molecule has 0 heterocycles. The van der Waals surface area contributed by atoms with Crippen molar-refractivity contribution in [2.45, 2.75) is 32.1 Å². The topological polar surface area (TPSA) is 0 Å². The smallest absolute Gasteiger partial charge is 0.159 e. The molecule has 2 heteroatoms. The zero-order valence-corrected chi connectivity index (χ0v) is 14.2. The highest BCUT2D eigenvalue weighted by Gasteiger charge is 2.21. The Bertz CT molecular complexity index is 910. The van der Waals surface area contributed by atoms with Crippen LogP contribution in [0.25, 0.3) is 11.1 Å². The molecule has 25 heavy (non-hydrogen) atoms. The summed E-state index contributed by atoms with van der Waals surface area (Å²) >= 11 is 0. The first-order valence-corrected chi connectivity index (χ1v) is 8.74. The molecule has 0 amide bonds. The highest BCUT2D eigenvalue weighted by Crippen LogP contribution is 2.35. The lowest BCUT2D eigenvalue weighted by Gasteiger charge is -2.25. The number of hydrogen-bond acceptors (Lipinski definition) is 0. The largest absolute Gasteiger partial charge is 0.204 e. The van der Waals surface area contributed by atoms with E-state index in [2.05, 4.69) is 49.4 Å². The van der Waals surface area contributed by atoms with Crippen LogP contribution in [0.2, 0.25) is 0 Å². The zero-order valence-electron chi connectivity index (χ0n) is 14.2. The molecular formula is C23H20F2. The summed E-state index contributed by atoms with van der Waals surface area (Å²) in [6, 6.07) is 19.5. The van der Waals surface area contributed by atoms with Gasteiger partial charge in [0.1, 0.15) is 0 Å². The molecule has 4 rings (SSSR count). The Morgan fingerprint density at radius 1 is 0.760 bits per heavy atom. The molecule has 0 aromatic heterocycles. The molecule has 1 aliphatic rings. The third-order valence-corrected chi connectivity index (χ3v) is 5.23. The Balaban J connectivity index is 1.60. The predicted octanol–water partition coefficient (Wildman–Crippen LogP) is 6.21. The second-order valence-corrected chi connectivity index (χ2v) is 6.96. The van der Waals surface area contributed by atoms with E-state index in [0.29, 0.717) is 0 Å². The van der Waals surface area contributed by atoms with Crippen molar-refractivity contribution in [1.29, 1.82) is 0 Å². The summed E-state index contributed by atoms with van der Waals surface area (Å²) in [5.74, 6) is -1.27. The van der Waals surface area contributed by atoms with E-state index in [4.69, 9.17) is 0 Å². The standard InChI is InChI=1S/C23H20F2/c1-15-2-4-16(5-3-15)17-6-7-19-13-20(9-8-18(19)12-17)21-10-11-22(24)23(25)14-21/h2-7,10-12,14,20H,8-9,13H2,1H3. The summed E-state index contributed by atoms with van der Waals surface area (Å²) in [6.45, 7) is 2.09. The summed E-state index contributed by atoms with van der Waals surface area (Å²) in [5, 5.41) is 0. The van der Waals surface area contributed by atoms with E-state index in [1.165, 1.54) is 39.9 Å². The van der Waals surface area contributed by atoms with Gasteiger partial charge in [0.2, 0.25) is 0 Å². The molecular weight excluding hydrogens is 314 g/mol. The normalized spacial score (nSPS) is 16.5. The summed E-state index contributed by atoms with van der Waals surface area (Å²) in [6.07, 6.45) is 2.82. The molecule has 0 nitrogen and oxygen atoms in total. The van der Waals surface area contributed by atoms with E-state index in [0.717, 1.165) is 24.8 Å². The van der Waals surface area contributed by atoms with Crippen LogP contribution in [0.15, 0.2) is 60.7 Å². The van der Waals surface area contributed by atoms with Gasteiger partial charge in [-0.3, -0.25) is 0 Å². The maximum Gasteiger partial charge on any atom is 0.159 e. The van der Waals surface area contributed by atoms with Crippen LogP contribution < -0.4 is 0 Å². The van der Waals surface area contributed by atoms with E-state index < -0.39 is 11.6 Å². The molecule has 3 aromatic rings. The molecule has 126 valence electrons. The molecule has 0 spiro atoms. The summed E-state index contributed by atoms with van der Waals surface area (Å²) in [5.41, 5.74) is 7.32. The van der Waals surface area contributed by atoms with Crippen molar-refractivity contribution >= 4 is 0 Å². The molecule has 0 radical (unpaired) electrons. The highest BCUT2D eigenvalue weighted by molar-refractivity contribution is 5.65. The van der Waals surface area contributed by atoms with E-state index >= 15 is 0 Å². The zero-order chi connectivity index (χ0) is 17.4. The van der Waals surface area contributed by atoms with Gasteiger partial charge in [-0.15, -0.1) is 0 Å². The fourth-order valence-corrected chi connectivity index (χ4v) is 3.73. The average Bonchev–Trinajstić information content (AvgIpc) is 2.64. The third kappa shape index (κ3) is 3.21. The van der Waals surface area contributed by atoms with Crippen LogP contribution in [0.1, 0.15) is 34.6 Å². The molecule has 1 unspecified atom stereocenters. The first-order chi connectivity index (χ1) is 12.1. The third-order valence-electron chi connectivity index (χ3n) is 5.23. The van der Waals surface area contributed by atoms with Crippen LogP contribution in [-0.4, -0.2) is 0 Å². The Labute approximate surface area is 147 Å². The number of rotatable bonds is 2. The van der Waals surface area contributed by atoms with Gasteiger partial charge in [-0.2, -0.15) is 0 Å². The molecule has 0 saturated heterocycles. The summed E-state index contributed by atoms with van der Waals surface area (Å²) in [4.78, 5) is 0. The molecule has 3 aromatic carbocycles. The monoisotopic (exact) mass is 334 g/mol. The Kier molecular flexibility index (Phi) is 4.12. The highest BCUT2D eigenvalue weighted by atomic mass is 19.2. The van der Waals surface area contributed by atoms with Crippen molar-refractivity contribution in [3.05, 3.63) is 94.6 Å². The van der Waals surface area contributed by atoms with Gasteiger partial charge in [-0.25, -0.2) is 8.78 Å². The fourth-order valence-electron chi connectivity index (χ4n) is 3.73. The molecule has 1 aliphatic carbocycles. The van der Waals surface area contributed by atoms with Gasteiger partial charge < -0.3 is 0 Å². The van der Waals surface area contributed by atoms with E-state index in [1.54, 1.807) is 6.07 Å². The van der Waals surface area contributed by atoms with Gasteiger partial charge in [0.05, 0.1) is 0 Å². The van der Waals surface area contributed by atoms with Crippen LogP contribution in [0, 0.1) is 18.6 Å². The Morgan fingerprint density at radius 3 is 2.28 bits per heavy atom. The number of hydrogen-bond donors (Lipinski definition) is 0. The SMILES string of the molecule is Cc1ccc(-c2ccc3c(c2)CCC(c2ccc(F)c(F)c2)C3)cc1. The van der Waals surface area contributed by atoms with Gasteiger partial charge in [-0.1, -0.05) is 54.1 Å². The van der Waals surface area contributed by atoms with Crippen molar-refractivity contribution in [3.63, 3.8) is 0 Å². The molecule has 0 fully saturated rings. The second kappa shape index (κ2) is 6.44. The Morgan fingerprint density at radius 2 is 1.52 bits per heavy atom. The van der Waals surface area contributed by atoms with Gasteiger partial charge in [0, 0.05) is 0 Å². The molecule has 0 saturated carbocycles. The van der Waals surface area contributed by atoms with Crippen LogP contribution in [0.5, 0.6) is 0 Å². The quantitative estimate of drug-likeness (QED) is 0.522. The van der Waals surface area contributed by atoms with Crippen molar-refractivity contribution in [1.82, 2.24) is 0 Å². The van der Waals surface area contributed by atoms with Crippen molar-refractivity contribution in [2.24, 2.45) is 0 Å². The number of aryl methyl sites for hydroxylation is 2. The number of fused-ring (bicyclic) bond motifs is 1. The molecule has 0 aliphatic heterocycles. The average molecular weight is 334 g/mol. The fraction of sp³-hybridized carbons (Fsp3) is 0.217. The first-order valence-electron chi connectivity index (χ1n) is 8.74. The lowest BCUT2D eigenvalue weighted by Crippen LogP contribution is -2.13. The van der Waals surface area contributed by atoms with Gasteiger partial charge in [0.25, 0.3) is 0 Å². The Hall–Kier alpha value is -2.48. The first kappa shape index (κ1) is 16.0.